The maximum atomic E-state index is 4.24. The molecule has 3 atom stereocenters. The lowest BCUT2D eigenvalue weighted by Gasteiger charge is -2.60. The van der Waals surface area contributed by atoms with Crippen LogP contribution in [0, 0.1) is 5.92 Å². The molecule has 136 valence electrons. The monoisotopic (exact) mass is 347 g/mol. The number of nitrogens with one attached hydrogen (secondary N) is 1. The van der Waals surface area contributed by atoms with Crippen molar-refractivity contribution in [2.45, 2.75) is 50.1 Å². The Labute approximate surface area is 156 Å². The van der Waals surface area contributed by atoms with E-state index in [4.69, 9.17) is 0 Å². The Bertz CT molecular complexity index is 709. The van der Waals surface area contributed by atoms with Crippen LogP contribution in [0.15, 0.2) is 48.8 Å². The highest BCUT2D eigenvalue weighted by Gasteiger charge is 2.51. The van der Waals surface area contributed by atoms with E-state index in [2.05, 4.69) is 45.5 Å². The predicted octanol–water partition coefficient (Wildman–Crippen LogP) is 4.07. The summed E-state index contributed by atoms with van der Waals surface area (Å²) in [5.41, 5.74) is 3.99. The van der Waals surface area contributed by atoms with Crippen LogP contribution in [0.1, 0.15) is 43.6 Å². The minimum absolute atomic E-state index is 0.694. The fraction of sp³-hybridized carbons (Fsp3) is 0.522. The number of hydrogen-bond acceptors (Lipinski definition) is 3. The van der Waals surface area contributed by atoms with Gasteiger partial charge < -0.3 is 5.32 Å². The van der Waals surface area contributed by atoms with Crippen molar-refractivity contribution < 1.29 is 0 Å². The lowest BCUT2D eigenvalue weighted by molar-refractivity contribution is -0.0544. The lowest BCUT2D eigenvalue weighted by Crippen LogP contribution is -2.73. The molecule has 3 aliphatic rings. The van der Waals surface area contributed by atoms with E-state index in [-0.39, 0.29) is 0 Å². The topological polar surface area (TPSA) is 28.2 Å². The fourth-order valence-electron chi connectivity index (χ4n) is 5.50. The molecule has 1 aromatic heterocycles. The third kappa shape index (κ3) is 2.97. The van der Waals surface area contributed by atoms with E-state index in [0.717, 1.165) is 19.0 Å². The summed E-state index contributed by atoms with van der Waals surface area (Å²) in [5, 5.41) is 3.64. The summed E-state index contributed by atoms with van der Waals surface area (Å²) in [6.45, 7) is 3.64. The molecule has 0 spiro atoms. The molecule has 1 aliphatic carbocycles. The second-order valence-electron chi connectivity index (χ2n) is 8.38. The number of likely N-dealkylation sites (tertiary alicyclic amines) is 1. The molecule has 0 amide bonds. The van der Waals surface area contributed by atoms with E-state index in [9.17, 15) is 0 Å². The highest BCUT2D eigenvalue weighted by molar-refractivity contribution is 5.62. The van der Waals surface area contributed by atoms with Crippen LogP contribution >= 0.6 is 0 Å². The maximum Gasteiger partial charge on any atom is 0.0346 e. The molecular formula is C23H29N3. The third-order valence-corrected chi connectivity index (χ3v) is 6.87. The third-order valence-electron chi connectivity index (χ3n) is 6.87. The molecule has 5 rings (SSSR count). The van der Waals surface area contributed by atoms with E-state index in [1.54, 1.807) is 0 Å². The molecular weight excluding hydrogens is 318 g/mol. The van der Waals surface area contributed by atoms with Crippen LogP contribution < -0.4 is 5.32 Å². The standard InChI is InChI=1S/C23H29N3/c1-2-5-17(6-3-1)16-26-21-14-25-15-22(26)23(21)19-10-8-18(9-11-19)20-7-4-12-24-13-20/h4,7-13,17,21-23,25H,1-3,5-6,14-16H2/t21-,22+,23?. The molecule has 1 unspecified atom stereocenters. The van der Waals surface area contributed by atoms with Crippen LogP contribution in [0.4, 0.5) is 0 Å². The molecule has 2 saturated heterocycles. The molecule has 3 heterocycles. The second kappa shape index (κ2) is 7.13. The highest BCUT2D eigenvalue weighted by atomic mass is 15.3. The van der Waals surface area contributed by atoms with E-state index in [1.165, 1.54) is 55.3 Å². The average molecular weight is 348 g/mol. The van der Waals surface area contributed by atoms with Crippen molar-refractivity contribution in [2.75, 3.05) is 19.6 Å². The van der Waals surface area contributed by atoms with Gasteiger partial charge in [-0.3, -0.25) is 9.88 Å². The number of pyridine rings is 1. The molecule has 2 aromatic rings. The van der Waals surface area contributed by atoms with Crippen LogP contribution in [0.5, 0.6) is 0 Å². The van der Waals surface area contributed by atoms with Gasteiger partial charge >= 0.3 is 0 Å². The fourth-order valence-corrected chi connectivity index (χ4v) is 5.50. The van der Waals surface area contributed by atoms with Crippen LogP contribution in [0.2, 0.25) is 0 Å². The predicted molar refractivity (Wildman–Crippen MR) is 106 cm³/mol. The number of aromatic nitrogens is 1. The van der Waals surface area contributed by atoms with E-state index < -0.39 is 0 Å². The van der Waals surface area contributed by atoms with Gasteiger partial charge in [0.05, 0.1) is 0 Å². The zero-order chi connectivity index (χ0) is 17.3. The number of piperazine rings is 1. The Hall–Kier alpha value is -1.71. The minimum atomic E-state index is 0.694. The quantitative estimate of drug-likeness (QED) is 0.904. The van der Waals surface area contributed by atoms with Gasteiger partial charge in [0.15, 0.2) is 0 Å². The van der Waals surface area contributed by atoms with Crippen molar-refractivity contribution >= 4 is 0 Å². The van der Waals surface area contributed by atoms with Crippen molar-refractivity contribution in [1.29, 1.82) is 0 Å². The average Bonchev–Trinajstić information content (AvgIpc) is 2.73. The van der Waals surface area contributed by atoms with Gasteiger partial charge in [-0.25, -0.2) is 0 Å². The van der Waals surface area contributed by atoms with Crippen molar-refractivity contribution in [3.05, 3.63) is 54.4 Å². The first-order valence-electron chi connectivity index (χ1n) is 10.4. The minimum Gasteiger partial charge on any atom is -0.314 e. The molecule has 1 aromatic carbocycles. The van der Waals surface area contributed by atoms with E-state index in [1.807, 2.05) is 18.5 Å². The first-order valence-corrected chi connectivity index (χ1v) is 10.4. The Morgan fingerprint density at radius 1 is 0.923 bits per heavy atom. The SMILES string of the molecule is c1cncc(-c2ccc(C3[C@H]4CNC[C@@H]3N4CC3CCCCC3)cc2)c1. The molecule has 3 nitrogen and oxygen atoms in total. The molecule has 2 aliphatic heterocycles. The van der Waals surface area contributed by atoms with Gasteiger partial charge in [-0.2, -0.15) is 0 Å². The molecule has 2 bridgehead atoms. The number of rotatable bonds is 4. The van der Waals surface area contributed by atoms with Gasteiger partial charge in [0.25, 0.3) is 0 Å². The zero-order valence-electron chi connectivity index (χ0n) is 15.5. The normalized spacial score (nSPS) is 29.3. The molecule has 3 fully saturated rings. The van der Waals surface area contributed by atoms with Gasteiger partial charge in [-0.1, -0.05) is 49.6 Å². The van der Waals surface area contributed by atoms with E-state index >= 15 is 0 Å². The van der Waals surface area contributed by atoms with Crippen LogP contribution in [0.3, 0.4) is 0 Å². The largest absolute Gasteiger partial charge is 0.314 e. The van der Waals surface area contributed by atoms with Crippen LogP contribution in [-0.2, 0) is 0 Å². The number of piperidine rings is 1. The lowest BCUT2D eigenvalue weighted by atomic mass is 9.71. The van der Waals surface area contributed by atoms with E-state index in [0.29, 0.717) is 18.0 Å². The van der Waals surface area contributed by atoms with Crippen molar-refractivity contribution in [1.82, 2.24) is 15.2 Å². The Balaban J connectivity index is 1.30. The van der Waals surface area contributed by atoms with Crippen molar-refractivity contribution in [3.8, 4) is 11.1 Å². The highest BCUT2D eigenvalue weighted by Crippen LogP contribution is 2.44. The Kier molecular flexibility index (Phi) is 4.51. The van der Waals surface area contributed by atoms with Crippen molar-refractivity contribution in [3.63, 3.8) is 0 Å². The smallest absolute Gasteiger partial charge is 0.0346 e. The first-order chi connectivity index (χ1) is 12.9. The summed E-state index contributed by atoms with van der Waals surface area (Å²) in [5.74, 6) is 1.66. The van der Waals surface area contributed by atoms with Gasteiger partial charge in [0, 0.05) is 50.0 Å². The summed E-state index contributed by atoms with van der Waals surface area (Å²) in [4.78, 5) is 7.07. The van der Waals surface area contributed by atoms with Crippen molar-refractivity contribution in [2.24, 2.45) is 5.92 Å². The maximum absolute atomic E-state index is 4.24. The Morgan fingerprint density at radius 3 is 2.38 bits per heavy atom. The molecule has 1 saturated carbocycles. The molecule has 26 heavy (non-hydrogen) atoms. The number of hydrogen-bond donors (Lipinski definition) is 1. The molecule has 1 N–H and O–H groups in total. The summed E-state index contributed by atoms with van der Waals surface area (Å²) in [6.07, 6.45) is 11.0. The van der Waals surface area contributed by atoms with Crippen LogP contribution in [-0.4, -0.2) is 41.6 Å². The zero-order valence-corrected chi connectivity index (χ0v) is 15.5. The van der Waals surface area contributed by atoms with Gasteiger partial charge in [-0.05, 0) is 41.5 Å². The number of benzene rings is 1. The van der Waals surface area contributed by atoms with Gasteiger partial charge in [0.1, 0.15) is 0 Å². The Morgan fingerprint density at radius 2 is 1.69 bits per heavy atom. The number of fused-ring (bicyclic) bond motifs is 2. The number of nitrogens with zero attached hydrogens (tertiary/aromatic N) is 2. The van der Waals surface area contributed by atoms with Gasteiger partial charge in [-0.15, -0.1) is 0 Å². The summed E-state index contributed by atoms with van der Waals surface area (Å²) in [7, 11) is 0. The van der Waals surface area contributed by atoms with Gasteiger partial charge in [0.2, 0.25) is 0 Å². The molecule has 0 radical (unpaired) electrons. The summed E-state index contributed by atoms with van der Waals surface area (Å²) >= 11 is 0. The van der Waals surface area contributed by atoms with Crippen LogP contribution in [0.25, 0.3) is 11.1 Å². The second-order valence-corrected chi connectivity index (χ2v) is 8.38. The summed E-state index contributed by atoms with van der Waals surface area (Å²) in [6, 6.07) is 14.8. The first kappa shape index (κ1) is 16.5. The molecule has 3 heteroatoms. The summed E-state index contributed by atoms with van der Waals surface area (Å²) < 4.78 is 0.